The Balaban J connectivity index is 1.58. The highest BCUT2D eigenvalue weighted by atomic mass is 16.6. The monoisotopic (exact) mass is 423 g/mol. The molecule has 2 aromatic carbocycles. The highest BCUT2D eigenvalue weighted by Crippen LogP contribution is 2.21. The third-order valence-corrected chi connectivity index (χ3v) is 5.29. The van der Waals surface area contributed by atoms with Gasteiger partial charge < -0.3 is 20.3 Å². The van der Waals surface area contributed by atoms with Crippen LogP contribution in [0.3, 0.4) is 0 Å². The fourth-order valence-corrected chi connectivity index (χ4v) is 3.66. The number of carbonyl (C=O) groups excluding carboxylic acids is 3. The number of hydrogen-bond acceptors (Lipinski definition) is 4. The van der Waals surface area contributed by atoms with Gasteiger partial charge >= 0.3 is 6.09 Å². The summed E-state index contributed by atoms with van der Waals surface area (Å²) < 4.78 is 5.05. The van der Waals surface area contributed by atoms with Gasteiger partial charge in [0.2, 0.25) is 5.91 Å². The van der Waals surface area contributed by atoms with Crippen molar-refractivity contribution in [3.8, 4) is 0 Å². The largest absolute Gasteiger partial charge is 0.450 e. The highest BCUT2D eigenvalue weighted by molar-refractivity contribution is 6.04. The van der Waals surface area contributed by atoms with Gasteiger partial charge in [-0.15, -0.1) is 0 Å². The Labute approximate surface area is 182 Å². The molecule has 164 valence electrons. The second-order valence-corrected chi connectivity index (χ2v) is 7.51. The van der Waals surface area contributed by atoms with Gasteiger partial charge in [0.25, 0.3) is 5.91 Å². The van der Waals surface area contributed by atoms with E-state index < -0.39 is 6.09 Å². The second-order valence-electron chi connectivity index (χ2n) is 7.51. The number of anilines is 1. The molecule has 3 rings (SSSR count). The van der Waals surface area contributed by atoms with Crippen LogP contribution in [0.15, 0.2) is 54.6 Å². The van der Waals surface area contributed by atoms with Crippen LogP contribution in [-0.4, -0.2) is 49.0 Å². The minimum absolute atomic E-state index is 0.196. The van der Waals surface area contributed by atoms with E-state index in [0.717, 1.165) is 18.4 Å². The first-order valence-electron chi connectivity index (χ1n) is 10.7. The first-order valence-corrected chi connectivity index (χ1v) is 10.7. The van der Waals surface area contributed by atoms with E-state index in [9.17, 15) is 14.4 Å². The van der Waals surface area contributed by atoms with Crippen molar-refractivity contribution in [1.82, 2.24) is 10.2 Å². The molecule has 0 aromatic heterocycles. The number of amides is 3. The van der Waals surface area contributed by atoms with E-state index in [-0.39, 0.29) is 17.7 Å². The maximum absolute atomic E-state index is 12.8. The molecule has 0 spiro atoms. The van der Waals surface area contributed by atoms with Crippen LogP contribution >= 0.6 is 0 Å². The summed E-state index contributed by atoms with van der Waals surface area (Å²) in [6.07, 6.45) is 1.76. The molecule has 2 aromatic rings. The predicted molar refractivity (Wildman–Crippen MR) is 119 cm³/mol. The maximum Gasteiger partial charge on any atom is 0.409 e. The molecule has 1 fully saturated rings. The zero-order chi connectivity index (χ0) is 22.1. The number of para-hydroxylation sites is 1. The van der Waals surface area contributed by atoms with E-state index in [2.05, 4.69) is 10.6 Å². The molecule has 0 saturated carbocycles. The first kappa shape index (κ1) is 22.3. The van der Waals surface area contributed by atoms with Gasteiger partial charge in [0.15, 0.2) is 0 Å². The third-order valence-electron chi connectivity index (χ3n) is 5.29. The van der Waals surface area contributed by atoms with Crippen LogP contribution in [0.2, 0.25) is 0 Å². The van der Waals surface area contributed by atoms with Crippen LogP contribution in [0, 0.1) is 5.92 Å². The molecular formula is C24H29N3O4. The quantitative estimate of drug-likeness (QED) is 0.714. The number of likely N-dealkylation sites (tertiary alicyclic amines) is 1. The molecule has 0 bridgehead atoms. The summed E-state index contributed by atoms with van der Waals surface area (Å²) in [4.78, 5) is 39.1. The van der Waals surface area contributed by atoms with Crippen molar-refractivity contribution < 1.29 is 19.1 Å². The highest BCUT2D eigenvalue weighted by Gasteiger charge is 2.29. The van der Waals surface area contributed by atoms with Gasteiger partial charge in [0.1, 0.15) is 0 Å². The summed E-state index contributed by atoms with van der Waals surface area (Å²) >= 11 is 0. The van der Waals surface area contributed by atoms with Gasteiger partial charge in [-0.3, -0.25) is 9.59 Å². The van der Waals surface area contributed by atoms with Gasteiger partial charge in [0, 0.05) is 19.6 Å². The van der Waals surface area contributed by atoms with Crippen molar-refractivity contribution in [3.63, 3.8) is 0 Å². The Bertz CT molecular complexity index is 901. The van der Waals surface area contributed by atoms with Gasteiger partial charge in [-0.25, -0.2) is 4.79 Å². The molecule has 1 aliphatic heterocycles. The summed E-state index contributed by atoms with van der Waals surface area (Å²) in [5, 5.41) is 5.80. The van der Waals surface area contributed by atoms with Gasteiger partial charge in [-0.2, -0.15) is 0 Å². The molecule has 1 unspecified atom stereocenters. The van der Waals surface area contributed by atoms with Crippen molar-refractivity contribution in [2.24, 2.45) is 5.92 Å². The molecule has 1 saturated heterocycles. The molecule has 0 radical (unpaired) electrons. The van der Waals surface area contributed by atoms with Gasteiger partial charge in [-0.1, -0.05) is 42.5 Å². The average Bonchev–Trinajstić information content (AvgIpc) is 2.80. The summed E-state index contributed by atoms with van der Waals surface area (Å²) in [5.74, 6) is -0.769. The lowest BCUT2D eigenvalue weighted by Crippen LogP contribution is -2.44. The molecule has 3 amide bonds. The van der Waals surface area contributed by atoms with Crippen LogP contribution in [0.1, 0.15) is 35.7 Å². The second kappa shape index (κ2) is 11.2. The smallest absolute Gasteiger partial charge is 0.409 e. The number of nitrogens with one attached hydrogen (secondary N) is 2. The van der Waals surface area contributed by atoms with E-state index in [1.165, 1.54) is 0 Å². The van der Waals surface area contributed by atoms with Crippen LogP contribution in [0.25, 0.3) is 0 Å². The number of piperidine rings is 1. The number of carbonyl (C=O) groups is 3. The average molecular weight is 424 g/mol. The summed E-state index contributed by atoms with van der Waals surface area (Å²) in [6, 6.07) is 16.9. The number of benzene rings is 2. The van der Waals surface area contributed by atoms with Crippen LogP contribution in [0.5, 0.6) is 0 Å². The summed E-state index contributed by atoms with van der Waals surface area (Å²) in [5.41, 5.74) is 2.03. The lowest BCUT2D eigenvalue weighted by atomic mass is 9.97. The van der Waals surface area contributed by atoms with E-state index in [1.54, 1.807) is 36.1 Å². The lowest BCUT2D eigenvalue weighted by Gasteiger charge is -2.31. The van der Waals surface area contributed by atoms with E-state index in [1.807, 2.05) is 30.3 Å². The Morgan fingerprint density at radius 1 is 1.06 bits per heavy atom. The molecule has 31 heavy (non-hydrogen) atoms. The van der Waals surface area contributed by atoms with E-state index in [4.69, 9.17) is 4.74 Å². The Morgan fingerprint density at radius 3 is 2.58 bits per heavy atom. The Kier molecular flexibility index (Phi) is 8.04. The fourth-order valence-electron chi connectivity index (χ4n) is 3.66. The van der Waals surface area contributed by atoms with Crippen molar-refractivity contribution in [1.29, 1.82) is 0 Å². The van der Waals surface area contributed by atoms with Crippen LogP contribution in [-0.2, 0) is 16.0 Å². The number of ether oxygens (including phenoxy) is 1. The predicted octanol–water partition coefficient (Wildman–Crippen LogP) is 3.47. The minimum Gasteiger partial charge on any atom is -0.450 e. The molecule has 1 heterocycles. The van der Waals surface area contributed by atoms with Crippen molar-refractivity contribution in [2.45, 2.75) is 26.2 Å². The Hall–Kier alpha value is -3.35. The SMILES string of the molecule is CCOC(=O)N1CCCC(C(=O)Nc2ccccc2C(=O)NCCc2ccccc2)C1. The molecule has 1 atom stereocenters. The van der Waals surface area contributed by atoms with Gasteiger partial charge in [0.05, 0.1) is 23.8 Å². The van der Waals surface area contributed by atoms with Crippen LogP contribution < -0.4 is 10.6 Å². The van der Waals surface area contributed by atoms with Crippen molar-refractivity contribution >= 4 is 23.6 Å². The number of hydrogen-bond donors (Lipinski definition) is 2. The van der Waals surface area contributed by atoms with Crippen molar-refractivity contribution in [2.75, 3.05) is 31.6 Å². The minimum atomic E-state index is -0.391. The zero-order valence-corrected chi connectivity index (χ0v) is 17.8. The van der Waals surface area contributed by atoms with Gasteiger partial charge in [-0.05, 0) is 43.9 Å². The molecule has 7 nitrogen and oxygen atoms in total. The number of nitrogens with zero attached hydrogens (tertiary/aromatic N) is 1. The molecule has 0 aliphatic carbocycles. The zero-order valence-electron chi connectivity index (χ0n) is 17.8. The summed E-state index contributed by atoms with van der Waals surface area (Å²) in [7, 11) is 0. The lowest BCUT2D eigenvalue weighted by molar-refractivity contribution is -0.121. The molecule has 1 aliphatic rings. The maximum atomic E-state index is 12.8. The normalized spacial score (nSPS) is 15.8. The Morgan fingerprint density at radius 2 is 1.81 bits per heavy atom. The topological polar surface area (TPSA) is 87.7 Å². The van der Waals surface area contributed by atoms with E-state index >= 15 is 0 Å². The molecular weight excluding hydrogens is 394 g/mol. The number of rotatable bonds is 7. The van der Waals surface area contributed by atoms with Crippen molar-refractivity contribution in [3.05, 3.63) is 65.7 Å². The first-order chi connectivity index (χ1) is 15.1. The molecule has 2 N–H and O–H groups in total. The van der Waals surface area contributed by atoms with Crippen LogP contribution in [0.4, 0.5) is 10.5 Å². The third kappa shape index (κ3) is 6.31. The molecule has 7 heteroatoms. The standard InChI is InChI=1S/C24H29N3O4/c1-2-31-24(30)27-16-8-11-19(17-27)22(28)26-21-13-7-6-12-20(21)23(29)25-15-14-18-9-4-3-5-10-18/h3-7,9-10,12-13,19H,2,8,11,14-17H2,1H3,(H,25,29)(H,26,28). The van der Waals surface area contributed by atoms with E-state index in [0.29, 0.717) is 43.9 Å². The summed E-state index contributed by atoms with van der Waals surface area (Å²) in [6.45, 7) is 3.47. The fraction of sp³-hybridized carbons (Fsp3) is 0.375.